The number of hydrogen-bond acceptors (Lipinski definition) is 3. The SMILES string of the molecule is Cc1cc(Cl)ccc1Nc1ncc(C)c2c(N)cccc12. The molecule has 0 aliphatic rings. The van der Waals surface area contributed by atoms with E-state index in [1.165, 1.54) is 0 Å². The van der Waals surface area contributed by atoms with Crippen molar-refractivity contribution in [1.29, 1.82) is 0 Å². The Morgan fingerprint density at radius 2 is 1.90 bits per heavy atom. The van der Waals surface area contributed by atoms with Crippen LogP contribution in [0.15, 0.2) is 42.6 Å². The fourth-order valence-corrected chi connectivity index (χ4v) is 2.72. The van der Waals surface area contributed by atoms with E-state index in [0.717, 1.165) is 44.1 Å². The average molecular weight is 298 g/mol. The molecule has 2 aromatic carbocycles. The molecule has 0 amide bonds. The lowest BCUT2D eigenvalue weighted by molar-refractivity contribution is 1.29. The van der Waals surface area contributed by atoms with Gasteiger partial charge in [-0.15, -0.1) is 0 Å². The zero-order valence-electron chi connectivity index (χ0n) is 11.9. The summed E-state index contributed by atoms with van der Waals surface area (Å²) in [6.45, 7) is 4.03. The minimum absolute atomic E-state index is 0.726. The molecule has 0 fully saturated rings. The van der Waals surface area contributed by atoms with E-state index in [2.05, 4.69) is 10.3 Å². The second kappa shape index (κ2) is 5.26. The number of aryl methyl sites for hydroxylation is 2. The van der Waals surface area contributed by atoms with E-state index in [9.17, 15) is 0 Å². The van der Waals surface area contributed by atoms with Crippen LogP contribution in [0.4, 0.5) is 17.2 Å². The zero-order valence-corrected chi connectivity index (χ0v) is 12.7. The lowest BCUT2D eigenvalue weighted by Gasteiger charge is -2.13. The average Bonchev–Trinajstić information content (AvgIpc) is 2.44. The number of anilines is 3. The van der Waals surface area contributed by atoms with E-state index in [0.29, 0.717) is 0 Å². The van der Waals surface area contributed by atoms with Gasteiger partial charge in [0, 0.05) is 33.4 Å². The first-order chi connectivity index (χ1) is 10.1. The third-order valence-corrected chi connectivity index (χ3v) is 3.81. The molecule has 0 radical (unpaired) electrons. The topological polar surface area (TPSA) is 50.9 Å². The summed E-state index contributed by atoms with van der Waals surface area (Å²) in [6.07, 6.45) is 1.84. The molecule has 4 heteroatoms. The van der Waals surface area contributed by atoms with Crippen LogP contribution in [0.2, 0.25) is 5.02 Å². The van der Waals surface area contributed by atoms with Crippen molar-refractivity contribution in [3.05, 3.63) is 58.7 Å². The normalized spacial score (nSPS) is 10.8. The van der Waals surface area contributed by atoms with Gasteiger partial charge in [-0.25, -0.2) is 4.98 Å². The fraction of sp³-hybridized carbons (Fsp3) is 0.118. The molecule has 0 saturated carbocycles. The third kappa shape index (κ3) is 2.52. The van der Waals surface area contributed by atoms with Gasteiger partial charge in [0.2, 0.25) is 0 Å². The van der Waals surface area contributed by atoms with E-state index in [1.54, 1.807) is 0 Å². The second-order valence-corrected chi connectivity index (χ2v) is 5.58. The Balaban J connectivity index is 2.13. The van der Waals surface area contributed by atoms with E-state index in [1.807, 2.05) is 56.4 Å². The molecule has 106 valence electrons. The Labute approximate surface area is 128 Å². The van der Waals surface area contributed by atoms with Gasteiger partial charge >= 0.3 is 0 Å². The van der Waals surface area contributed by atoms with Gasteiger partial charge in [-0.3, -0.25) is 0 Å². The summed E-state index contributed by atoms with van der Waals surface area (Å²) >= 11 is 6.00. The number of nitrogens with two attached hydrogens (primary N) is 1. The molecule has 1 aromatic heterocycles. The highest BCUT2D eigenvalue weighted by molar-refractivity contribution is 6.30. The van der Waals surface area contributed by atoms with E-state index < -0.39 is 0 Å². The van der Waals surface area contributed by atoms with Gasteiger partial charge in [-0.1, -0.05) is 23.7 Å². The number of nitrogen functional groups attached to an aromatic ring is 1. The highest BCUT2D eigenvalue weighted by Gasteiger charge is 2.09. The number of nitrogens with one attached hydrogen (secondary N) is 1. The Morgan fingerprint density at radius 3 is 2.67 bits per heavy atom. The Kier molecular flexibility index (Phi) is 3.43. The molecule has 0 unspecified atom stereocenters. The van der Waals surface area contributed by atoms with E-state index in [4.69, 9.17) is 17.3 Å². The molecule has 21 heavy (non-hydrogen) atoms. The number of halogens is 1. The standard InChI is InChI=1S/C17H16ClN3/c1-10-8-12(18)6-7-15(10)21-17-13-4-3-5-14(19)16(13)11(2)9-20-17/h3-9H,19H2,1-2H3,(H,20,21). The molecule has 0 aliphatic carbocycles. The quantitative estimate of drug-likeness (QED) is 0.666. The number of nitrogens with zero attached hydrogens (tertiary/aromatic N) is 1. The van der Waals surface area contributed by atoms with Gasteiger partial charge in [-0.2, -0.15) is 0 Å². The Morgan fingerprint density at radius 1 is 1.10 bits per heavy atom. The van der Waals surface area contributed by atoms with Crippen molar-refractivity contribution in [3.63, 3.8) is 0 Å². The maximum absolute atomic E-state index is 6.10. The lowest BCUT2D eigenvalue weighted by Crippen LogP contribution is -1.99. The summed E-state index contributed by atoms with van der Waals surface area (Å²) in [4.78, 5) is 4.51. The number of benzene rings is 2. The number of rotatable bonds is 2. The highest BCUT2D eigenvalue weighted by Crippen LogP contribution is 2.31. The van der Waals surface area contributed by atoms with Gasteiger partial charge in [0.1, 0.15) is 5.82 Å². The van der Waals surface area contributed by atoms with Crippen molar-refractivity contribution in [2.75, 3.05) is 11.1 Å². The first-order valence-corrected chi connectivity index (χ1v) is 7.11. The predicted octanol–water partition coefficient (Wildman–Crippen LogP) is 4.83. The van der Waals surface area contributed by atoms with Crippen molar-refractivity contribution < 1.29 is 0 Å². The second-order valence-electron chi connectivity index (χ2n) is 5.14. The summed E-state index contributed by atoms with van der Waals surface area (Å²) in [6, 6.07) is 11.6. The predicted molar refractivity (Wildman–Crippen MR) is 90.4 cm³/mol. The summed E-state index contributed by atoms with van der Waals surface area (Å²) in [5, 5.41) is 6.16. The van der Waals surface area contributed by atoms with Gasteiger partial charge < -0.3 is 11.1 Å². The molecule has 3 nitrogen and oxygen atoms in total. The van der Waals surface area contributed by atoms with Crippen LogP contribution in [0.25, 0.3) is 10.8 Å². The Bertz CT molecular complexity index is 819. The number of aromatic nitrogens is 1. The van der Waals surface area contributed by atoms with Crippen molar-refractivity contribution in [2.45, 2.75) is 13.8 Å². The van der Waals surface area contributed by atoms with Crippen LogP contribution in [0.1, 0.15) is 11.1 Å². The number of fused-ring (bicyclic) bond motifs is 1. The summed E-state index contributed by atoms with van der Waals surface area (Å²) < 4.78 is 0. The van der Waals surface area contributed by atoms with Crippen LogP contribution in [0.3, 0.4) is 0 Å². The van der Waals surface area contributed by atoms with Crippen molar-refractivity contribution in [3.8, 4) is 0 Å². The fourth-order valence-electron chi connectivity index (χ4n) is 2.50. The largest absolute Gasteiger partial charge is 0.398 e. The monoisotopic (exact) mass is 297 g/mol. The zero-order chi connectivity index (χ0) is 15.0. The van der Waals surface area contributed by atoms with Crippen molar-refractivity contribution in [1.82, 2.24) is 4.98 Å². The van der Waals surface area contributed by atoms with Gasteiger partial charge in [0.25, 0.3) is 0 Å². The smallest absolute Gasteiger partial charge is 0.138 e. The Hall–Kier alpha value is -2.26. The molecule has 1 heterocycles. The summed E-state index contributed by atoms with van der Waals surface area (Å²) in [5.41, 5.74) is 9.99. The maximum Gasteiger partial charge on any atom is 0.138 e. The molecule has 3 aromatic rings. The molecule has 0 aliphatic heterocycles. The van der Waals surface area contributed by atoms with Gasteiger partial charge in [0.05, 0.1) is 0 Å². The van der Waals surface area contributed by atoms with Crippen LogP contribution in [0, 0.1) is 13.8 Å². The molecule has 3 N–H and O–H groups in total. The maximum atomic E-state index is 6.10. The van der Waals surface area contributed by atoms with Gasteiger partial charge in [-0.05, 0) is 49.2 Å². The molecular formula is C17H16ClN3. The van der Waals surface area contributed by atoms with Crippen LogP contribution in [-0.2, 0) is 0 Å². The number of hydrogen-bond donors (Lipinski definition) is 2. The van der Waals surface area contributed by atoms with Crippen LogP contribution in [-0.4, -0.2) is 4.98 Å². The van der Waals surface area contributed by atoms with Crippen LogP contribution < -0.4 is 11.1 Å². The molecule has 3 rings (SSSR count). The molecular weight excluding hydrogens is 282 g/mol. The summed E-state index contributed by atoms with van der Waals surface area (Å²) in [5.74, 6) is 0.799. The van der Waals surface area contributed by atoms with Crippen molar-refractivity contribution >= 4 is 39.6 Å². The molecule has 0 atom stereocenters. The number of pyridine rings is 1. The first kappa shape index (κ1) is 13.7. The van der Waals surface area contributed by atoms with Crippen LogP contribution >= 0.6 is 11.6 Å². The molecule has 0 spiro atoms. The first-order valence-electron chi connectivity index (χ1n) is 6.73. The molecule has 0 bridgehead atoms. The van der Waals surface area contributed by atoms with Crippen LogP contribution in [0.5, 0.6) is 0 Å². The van der Waals surface area contributed by atoms with E-state index in [-0.39, 0.29) is 0 Å². The minimum atomic E-state index is 0.726. The van der Waals surface area contributed by atoms with Gasteiger partial charge in [0.15, 0.2) is 0 Å². The lowest BCUT2D eigenvalue weighted by atomic mass is 10.1. The summed E-state index contributed by atoms with van der Waals surface area (Å²) in [7, 11) is 0. The van der Waals surface area contributed by atoms with Crippen molar-refractivity contribution in [2.24, 2.45) is 0 Å². The molecule has 0 saturated heterocycles. The van der Waals surface area contributed by atoms with E-state index >= 15 is 0 Å². The highest BCUT2D eigenvalue weighted by atomic mass is 35.5. The minimum Gasteiger partial charge on any atom is -0.398 e. The third-order valence-electron chi connectivity index (χ3n) is 3.57.